The minimum Gasteiger partial charge on any atom is -0.378 e. The van der Waals surface area contributed by atoms with Crippen molar-refractivity contribution in [2.24, 2.45) is 0 Å². The molecule has 0 fully saturated rings. The van der Waals surface area contributed by atoms with Crippen LogP contribution in [0.1, 0.15) is 19.4 Å². The zero-order valence-corrected chi connectivity index (χ0v) is 22.8. The number of benzene rings is 3. The van der Waals surface area contributed by atoms with Gasteiger partial charge >= 0.3 is 0 Å². The number of hydrogen-bond donors (Lipinski definition) is 1. The van der Waals surface area contributed by atoms with Crippen molar-refractivity contribution in [2.75, 3.05) is 0 Å². The summed E-state index contributed by atoms with van der Waals surface area (Å²) in [7, 11) is -2.67. The van der Waals surface area contributed by atoms with E-state index in [2.05, 4.69) is 118 Å². The van der Waals surface area contributed by atoms with Gasteiger partial charge in [0.05, 0.1) is 16.1 Å². The lowest BCUT2D eigenvalue weighted by atomic mass is 9.96. The first-order valence-electron chi connectivity index (χ1n) is 11.3. The number of hydrogen-bond acceptors (Lipinski definition) is 1. The van der Waals surface area contributed by atoms with Crippen LogP contribution >= 0.6 is 0 Å². The Morgan fingerprint density at radius 2 is 0.969 bits per heavy atom. The highest BCUT2D eigenvalue weighted by atomic mass is 28.3. The van der Waals surface area contributed by atoms with Gasteiger partial charge in [0.1, 0.15) is 5.60 Å². The van der Waals surface area contributed by atoms with E-state index < -0.39 is 21.7 Å². The Labute approximate surface area is 196 Å². The Kier molecular flexibility index (Phi) is 6.72. The molecule has 0 spiro atoms. The van der Waals surface area contributed by atoms with Gasteiger partial charge in [0.2, 0.25) is 0 Å². The monoisotopic (exact) mass is 456 g/mol. The van der Waals surface area contributed by atoms with Gasteiger partial charge in [0, 0.05) is 5.56 Å². The standard InChI is InChI=1S/C29H36OSi2/c1-29(2,30)18-17-22-19-25(23-9-13-27(14-10-23)31(3,4)5)21-26(20-22)24-11-15-28(16-12-24)32(6,7)8/h9-16,19-21,30H,1-8H3. The Morgan fingerprint density at radius 3 is 1.28 bits per heavy atom. The van der Waals surface area contributed by atoms with Crippen LogP contribution in [0.2, 0.25) is 39.3 Å². The van der Waals surface area contributed by atoms with Crippen LogP contribution in [0.5, 0.6) is 0 Å². The largest absolute Gasteiger partial charge is 0.378 e. The molecule has 32 heavy (non-hydrogen) atoms. The third-order valence-corrected chi connectivity index (χ3v) is 9.75. The number of rotatable bonds is 4. The maximum Gasteiger partial charge on any atom is 0.120 e. The first kappa shape index (κ1) is 24.3. The second kappa shape index (κ2) is 8.86. The molecule has 0 heterocycles. The van der Waals surface area contributed by atoms with Crippen LogP contribution in [0.25, 0.3) is 22.3 Å². The van der Waals surface area contributed by atoms with E-state index in [1.807, 2.05) is 0 Å². The topological polar surface area (TPSA) is 20.2 Å². The van der Waals surface area contributed by atoms with Gasteiger partial charge in [0.15, 0.2) is 0 Å². The van der Waals surface area contributed by atoms with Gasteiger partial charge in [-0.15, -0.1) is 0 Å². The number of aliphatic hydroxyl groups is 1. The predicted octanol–water partition coefficient (Wildman–Crippen LogP) is 6.23. The van der Waals surface area contributed by atoms with Gasteiger partial charge in [-0.3, -0.25) is 0 Å². The van der Waals surface area contributed by atoms with Gasteiger partial charge in [-0.05, 0) is 54.3 Å². The van der Waals surface area contributed by atoms with Crippen LogP contribution in [0.3, 0.4) is 0 Å². The zero-order valence-electron chi connectivity index (χ0n) is 20.8. The fourth-order valence-electron chi connectivity index (χ4n) is 3.58. The lowest BCUT2D eigenvalue weighted by molar-refractivity contribution is 0.143. The van der Waals surface area contributed by atoms with Gasteiger partial charge in [-0.2, -0.15) is 0 Å². The summed E-state index contributed by atoms with van der Waals surface area (Å²) in [6, 6.07) is 24.5. The molecule has 3 heteroatoms. The van der Waals surface area contributed by atoms with Crippen LogP contribution < -0.4 is 10.4 Å². The average molecular weight is 457 g/mol. The molecule has 0 radical (unpaired) electrons. The summed E-state index contributed by atoms with van der Waals surface area (Å²) in [4.78, 5) is 0. The second-order valence-corrected chi connectivity index (χ2v) is 21.4. The van der Waals surface area contributed by atoms with E-state index in [1.165, 1.54) is 21.5 Å². The van der Waals surface area contributed by atoms with Crippen molar-refractivity contribution < 1.29 is 5.11 Å². The van der Waals surface area contributed by atoms with Crippen LogP contribution in [0, 0.1) is 11.8 Å². The molecule has 0 aliphatic carbocycles. The summed E-state index contributed by atoms with van der Waals surface area (Å²) in [5.74, 6) is 6.16. The van der Waals surface area contributed by atoms with Crippen molar-refractivity contribution in [3.05, 3.63) is 72.3 Å². The summed E-state index contributed by atoms with van der Waals surface area (Å²) in [5, 5.41) is 13.0. The van der Waals surface area contributed by atoms with E-state index in [0.29, 0.717) is 0 Å². The van der Waals surface area contributed by atoms with E-state index in [9.17, 15) is 5.11 Å². The molecular formula is C29H36OSi2. The van der Waals surface area contributed by atoms with E-state index in [4.69, 9.17) is 0 Å². The van der Waals surface area contributed by atoms with Crippen molar-refractivity contribution in [2.45, 2.75) is 58.7 Å². The molecule has 0 amide bonds. The van der Waals surface area contributed by atoms with Crippen LogP contribution in [0.4, 0.5) is 0 Å². The third kappa shape index (κ3) is 6.32. The molecule has 0 saturated heterocycles. The lowest BCUT2D eigenvalue weighted by Crippen LogP contribution is -2.37. The molecule has 0 bridgehead atoms. The fraction of sp³-hybridized carbons (Fsp3) is 0.310. The normalized spacial score (nSPS) is 12.3. The summed E-state index contributed by atoms with van der Waals surface area (Å²) in [6.07, 6.45) is 0. The van der Waals surface area contributed by atoms with Gasteiger partial charge in [0.25, 0.3) is 0 Å². The smallest absolute Gasteiger partial charge is 0.120 e. The molecule has 0 unspecified atom stereocenters. The van der Waals surface area contributed by atoms with E-state index >= 15 is 0 Å². The average Bonchev–Trinajstić information content (AvgIpc) is 2.70. The Balaban J connectivity index is 2.10. The van der Waals surface area contributed by atoms with E-state index in [0.717, 1.165) is 16.7 Å². The first-order valence-corrected chi connectivity index (χ1v) is 18.3. The molecule has 0 aliphatic rings. The summed E-state index contributed by atoms with van der Waals surface area (Å²) in [5.41, 5.74) is 4.59. The Hall–Kier alpha value is -2.39. The molecule has 3 aromatic rings. The molecule has 1 nitrogen and oxygen atoms in total. The van der Waals surface area contributed by atoms with E-state index in [1.54, 1.807) is 13.8 Å². The van der Waals surface area contributed by atoms with Crippen molar-refractivity contribution in [3.63, 3.8) is 0 Å². The molecule has 0 atom stereocenters. The third-order valence-electron chi connectivity index (χ3n) is 5.61. The van der Waals surface area contributed by atoms with Crippen LogP contribution in [0.15, 0.2) is 66.7 Å². The summed E-state index contributed by atoms with van der Waals surface area (Å²) in [6.45, 7) is 17.7. The highest BCUT2D eigenvalue weighted by Gasteiger charge is 2.17. The quantitative estimate of drug-likeness (QED) is 0.364. The van der Waals surface area contributed by atoms with Crippen LogP contribution in [-0.2, 0) is 0 Å². The van der Waals surface area contributed by atoms with E-state index in [-0.39, 0.29) is 0 Å². The molecule has 0 saturated carbocycles. The second-order valence-electron chi connectivity index (χ2n) is 11.3. The summed E-state index contributed by atoms with van der Waals surface area (Å²) >= 11 is 0. The summed E-state index contributed by atoms with van der Waals surface area (Å²) < 4.78 is 0. The minimum absolute atomic E-state index is 0.920. The lowest BCUT2D eigenvalue weighted by Gasteiger charge is -2.18. The fourth-order valence-corrected chi connectivity index (χ4v) is 5.92. The van der Waals surface area contributed by atoms with Crippen LogP contribution in [-0.4, -0.2) is 26.9 Å². The highest BCUT2D eigenvalue weighted by molar-refractivity contribution is 6.89. The Bertz CT molecular complexity index is 1070. The van der Waals surface area contributed by atoms with Gasteiger partial charge in [-0.25, -0.2) is 0 Å². The first-order chi connectivity index (χ1) is 14.7. The molecule has 1 N–H and O–H groups in total. The molecule has 0 aromatic heterocycles. The van der Waals surface area contributed by atoms with Crippen molar-refractivity contribution in [1.29, 1.82) is 0 Å². The predicted molar refractivity (Wildman–Crippen MR) is 146 cm³/mol. The van der Waals surface area contributed by atoms with Gasteiger partial charge in [-0.1, -0.05) is 110 Å². The molecular weight excluding hydrogens is 420 g/mol. The minimum atomic E-state index is -1.33. The highest BCUT2D eigenvalue weighted by Crippen LogP contribution is 2.28. The van der Waals surface area contributed by atoms with Crippen molar-refractivity contribution in [1.82, 2.24) is 0 Å². The van der Waals surface area contributed by atoms with Gasteiger partial charge < -0.3 is 5.11 Å². The molecule has 3 rings (SSSR count). The molecule has 166 valence electrons. The molecule has 0 aliphatic heterocycles. The van der Waals surface area contributed by atoms with Crippen molar-refractivity contribution in [3.8, 4) is 34.1 Å². The zero-order chi connectivity index (χ0) is 23.7. The molecule has 3 aromatic carbocycles. The SMILES string of the molecule is CC(C)(O)C#Cc1cc(-c2ccc([Si](C)(C)C)cc2)cc(-c2ccc([Si](C)(C)C)cc2)c1. The Morgan fingerprint density at radius 1 is 0.594 bits per heavy atom. The van der Waals surface area contributed by atoms with Crippen molar-refractivity contribution >= 4 is 26.5 Å². The maximum atomic E-state index is 10.1. The maximum absolute atomic E-state index is 10.1.